The molecule has 13 heteroatoms. The van der Waals surface area contributed by atoms with E-state index in [9.17, 15) is 22.8 Å². The molecule has 2 aliphatic rings. The Kier molecular flexibility index (Phi) is 5.89. The number of nitrogens with two attached hydrogens (primary N) is 1. The molecule has 40 heavy (non-hydrogen) atoms. The number of alkyl halides is 3. The highest BCUT2D eigenvalue weighted by molar-refractivity contribution is 6.15. The van der Waals surface area contributed by atoms with Crippen LogP contribution in [0.25, 0.3) is 22.4 Å². The van der Waals surface area contributed by atoms with Crippen LogP contribution in [0, 0.1) is 12.8 Å². The second kappa shape index (κ2) is 9.21. The third-order valence-electron chi connectivity index (χ3n) is 7.33. The van der Waals surface area contributed by atoms with Crippen LogP contribution in [0.1, 0.15) is 51.7 Å². The number of aromatic amines is 1. The van der Waals surface area contributed by atoms with Crippen molar-refractivity contribution in [2.24, 2.45) is 5.92 Å². The van der Waals surface area contributed by atoms with Crippen molar-refractivity contribution in [2.75, 3.05) is 11.1 Å². The Morgan fingerprint density at radius 2 is 2.05 bits per heavy atom. The quantitative estimate of drug-likeness (QED) is 0.312. The van der Waals surface area contributed by atoms with Crippen molar-refractivity contribution in [3.63, 3.8) is 0 Å². The summed E-state index contributed by atoms with van der Waals surface area (Å²) in [7, 11) is 0. The number of H-pyrrole nitrogens is 1. The maximum absolute atomic E-state index is 13.4. The summed E-state index contributed by atoms with van der Waals surface area (Å²) in [6.07, 6.45) is -0.113. The van der Waals surface area contributed by atoms with Gasteiger partial charge >= 0.3 is 6.36 Å². The largest absolute Gasteiger partial charge is 0.573 e. The molecule has 1 fully saturated rings. The van der Waals surface area contributed by atoms with Crippen LogP contribution in [0.4, 0.5) is 24.7 Å². The van der Waals surface area contributed by atoms with Gasteiger partial charge in [0.25, 0.3) is 11.8 Å². The topological polar surface area (TPSA) is 139 Å². The van der Waals surface area contributed by atoms with Gasteiger partial charge in [-0.05, 0) is 62.4 Å². The lowest BCUT2D eigenvalue weighted by atomic mass is 10.0. The highest BCUT2D eigenvalue weighted by Crippen LogP contribution is 2.42. The molecule has 0 bridgehead atoms. The van der Waals surface area contributed by atoms with Crippen LogP contribution in [-0.2, 0) is 6.54 Å². The molecule has 4 heterocycles. The Hall–Kier alpha value is -4.68. The maximum atomic E-state index is 13.4. The molecular formula is C27H24F3N7O3. The second-order valence-corrected chi connectivity index (χ2v) is 10.0. The van der Waals surface area contributed by atoms with Crippen LogP contribution >= 0.6 is 0 Å². The number of fused-ring (bicyclic) bond motifs is 2. The number of carbonyl (C=O) groups excluding carboxylic acids is 2. The smallest absolute Gasteiger partial charge is 0.405 e. The fourth-order valence-corrected chi connectivity index (χ4v) is 5.10. The third-order valence-corrected chi connectivity index (χ3v) is 7.33. The normalized spacial score (nSPS) is 15.8. The summed E-state index contributed by atoms with van der Waals surface area (Å²) in [6.45, 7) is 3.79. The van der Waals surface area contributed by atoms with Gasteiger partial charge in [0.1, 0.15) is 22.6 Å². The van der Waals surface area contributed by atoms with E-state index in [0.29, 0.717) is 22.9 Å². The predicted molar refractivity (Wildman–Crippen MR) is 139 cm³/mol. The van der Waals surface area contributed by atoms with E-state index in [1.165, 1.54) is 6.20 Å². The molecule has 1 saturated carbocycles. The number of nitrogen functional groups attached to an aromatic ring is 1. The highest BCUT2D eigenvalue weighted by Gasteiger charge is 2.42. The molecule has 0 saturated heterocycles. The molecule has 4 aromatic rings. The number of ether oxygens (including phenoxy) is 1. The minimum absolute atomic E-state index is 0.0246. The zero-order chi connectivity index (χ0) is 28.3. The fraction of sp³-hybridized carbons (Fsp3) is 0.296. The molecule has 0 spiro atoms. The molecule has 1 aliphatic heterocycles. The van der Waals surface area contributed by atoms with E-state index >= 15 is 0 Å². The maximum Gasteiger partial charge on any atom is 0.573 e. The zero-order valence-corrected chi connectivity index (χ0v) is 21.5. The Labute approximate surface area is 225 Å². The van der Waals surface area contributed by atoms with E-state index in [1.54, 1.807) is 36.2 Å². The van der Waals surface area contributed by atoms with Gasteiger partial charge in [0, 0.05) is 24.3 Å². The number of pyridine rings is 1. The lowest BCUT2D eigenvalue weighted by molar-refractivity contribution is -0.274. The summed E-state index contributed by atoms with van der Waals surface area (Å²) in [5.74, 6) is -1.30. The number of aromatic nitrogens is 4. The number of hydrogen-bond donors (Lipinski definition) is 3. The first kappa shape index (κ1) is 25.6. The molecule has 6 rings (SSSR count). The van der Waals surface area contributed by atoms with E-state index in [4.69, 9.17) is 5.73 Å². The Morgan fingerprint density at radius 3 is 2.75 bits per heavy atom. The van der Waals surface area contributed by atoms with Gasteiger partial charge in [-0.2, -0.15) is 0 Å². The van der Waals surface area contributed by atoms with E-state index in [1.807, 2.05) is 6.92 Å². The predicted octanol–water partition coefficient (Wildman–Crippen LogP) is 4.82. The van der Waals surface area contributed by atoms with E-state index in [0.717, 1.165) is 18.9 Å². The summed E-state index contributed by atoms with van der Waals surface area (Å²) in [4.78, 5) is 43.7. The van der Waals surface area contributed by atoms with Gasteiger partial charge < -0.3 is 25.7 Å². The van der Waals surface area contributed by atoms with Crippen molar-refractivity contribution >= 4 is 34.5 Å². The molecule has 3 aromatic heterocycles. The standard InChI is InChI=1S/C27H24F3N7O3/c1-12-17(4-3-7-32-12)35-25(38)21-22-24(36-23(21)31)33-10-18(34-22)15-8-16-11-37(13(2)14-5-6-14)26(39)20(16)19(9-15)40-27(28,29)30/h3-4,7-10,13-14H,5-6,11,31H2,1-2H3,(H,33,36)(H,35,38)/t13-/m0/s1. The minimum Gasteiger partial charge on any atom is -0.405 e. The van der Waals surface area contributed by atoms with Gasteiger partial charge in [-0.1, -0.05) is 0 Å². The van der Waals surface area contributed by atoms with Crippen molar-refractivity contribution in [1.82, 2.24) is 24.8 Å². The summed E-state index contributed by atoms with van der Waals surface area (Å²) >= 11 is 0. The van der Waals surface area contributed by atoms with Crippen molar-refractivity contribution in [3.05, 3.63) is 59.0 Å². The average molecular weight is 552 g/mol. The number of rotatable bonds is 6. The first-order valence-corrected chi connectivity index (χ1v) is 12.6. The number of anilines is 2. The van der Waals surface area contributed by atoms with Crippen molar-refractivity contribution < 1.29 is 27.5 Å². The third kappa shape index (κ3) is 4.56. The highest BCUT2D eigenvalue weighted by atomic mass is 19.4. The minimum atomic E-state index is -5.01. The molecular weight excluding hydrogens is 527 g/mol. The number of benzene rings is 1. The van der Waals surface area contributed by atoms with Gasteiger partial charge in [-0.25, -0.2) is 9.97 Å². The number of aryl methyl sites for hydroxylation is 1. The Balaban J connectivity index is 1.41. The molecule has 206 valence electrons. The number of carbonyl (C=O) groups is 2. The van der Waals surface area contributed by atoms with E-state index in [-0.39, 0.29) is 52.0 Å². The van der Waals surface area contributed by atoms with Gasteiger partial charge in [-0.15, -0.1) is 13.2 Å². The number of amides is 2. The van der Waals surface area contributed by atoms with Crippen molar-refractivity contribution in [1.29, 1.82) is 0 Å². The molecule has 4 N–H and O–H groups in total. The molecule has 0 radical (unpaired) electrons. The fourth-order valence-electron chi connectivity index (χ4n) is 5.10. The van der Waals surface area contributed by atoms with Crippen LogP contribution < -0.4 is 15.8 Å². The number of nitrogens with one attached hydrogen (secondary N) is 2. The van der Waals surface area contributed by atoms with Crippen LogP contribution in [0.15, 0.2) is 36.7 Å². The van der Waals surface area contributed by atoms with Gasteiger partial charge in [-0.3, -0.25) is 14.6 Å². The Bertz CT molecular complexity index is 1680. The summed E-state index contributed by atoms with van der Waals surface area (Å²) in [5.41, 5.74) is 8.26. The molecule has 2 amide bonds. The summed E-state index contributed by atoms with van der Waals surface area (Å²) < 4.78 is 44.5. The first-order valence-electron chi connectivity index (χ1n) is 12.6. The number of nitrogens with zero attached hydrogens (tertiary/aromatic N) is 4. The van der Waals surface area contributed by atoms with Gasteiger partial charge in [0.15, 0.2) is 5.65 Å². The van der Waals surface area contributed by atoms with Gasteiger partial charge in [0.05, 0.1) is 28.8 Å². The molecule has 1 aliphatic carbocycles. The Morgan fingerprint density at radius 1 is 1.27 bits per heavy atom. The van der Waals surface area contributed by atoms with Crippen molar-refractivity contribution in [2.45, 2.75) is 45.6 Å². The average Bonchev–Trinajstić information content (AvgIpc) is 3.61. The summed E-state index contributed by atoms with van der Waals surface area (Å²) in [6, 6.07) is 5.99. The van der Waals surface area contributed by atoms with Crippen LogP contribution in [0.3, 0.4) is 0 Å². The molecule has 10 nitrogen and oxygen atoms in total. The van der Waals surface area contributed by atoms with E-state index in [2.05, 4.69) is 30.0 Å². The van der Waals surface area contributed by atoms with Crippen LogP contribution in [0.2, 0.25) is 0 Å². The lowest BCUT2D eigenvalue weighted by Gasteiger charge is -2.24. The number of hydrogen-bond acceptors (Lipinski definition) is 7. The lowest BCUT2D eigenvalue weighted by Crippen LogP contribution is -2.34. The molecule has 1 atom stereocenters. The SMILES string of the molecule is Cc1ncccc1NC(=O)c1c(N)[nH]c2ncc(-c3cc4c(c(OC(F)(F)F)c3)C(=O)N([C@@H](C)C3CC3)C4)nc12. The molecule has 0 unspecified atom stereocenters. The second-order valence-electron chi connectivity index (χ2n) is 10.0. The van der Waals surface area contributed by atoms with Gasteiger partial charge in [0.2, 0.25) is 0 Å². The van der Waals surface area contributed by atoms with Crippen LogP contribution in [-0.4, -0.2) is 49.1 Å². The molecule has 1 aromatic carbocycles. The summed E-state index contributed by atoms with van der Waals surface area (Å²) in [5, 5.41) is 2.75. The monoisotopic (exact) mass is 551 g/mol. The first-order chi connectivity index (χ1) is 19.0. The van der Waals surface area contributed by atoms with E-state index < -0.39 is 23.9 Å². The van der Waals surface area contributed by atoms with Crippen LogP contribution in [0.5, 0.6) is 5.75 Å². The number of halogens is 3. The van der Waals surface area contributed by atoms with Crippen molar-refractivity contribution in [3.8, 4) is 17.0 Å². The zero-order valence-electron chi connectivity index (χ0n) is 21.5.